The molecule has 2 rings (SSSR count). The second-order valence-electron chi connectivity index (χ2n) is 3.18. The van der Waals surface area contributed by atoms with Gasteiger partial charge in [-0.1, -0.05) is 0 Å². The van der Waals surface area contributed by atoms with Crippen molar-refractivity contribution in [2.75, 3.05) is 5.34 Å². The van der Waals surface area contributed by atoms with Crippen LogP contribution in [0.25, 0.3) is 0 Å². The Bertz CT molecular complexity index is 413. The number of hydrogen-bond acceptors (Lipinski definition) is 0. The molecule has 0 atom stereocenters. The van der Waals surface area contributed by atoms with Gasteiger partial charge in [-0.25, -0.2) is 0 Å². The zero-order chi connectivity index (χ0) is 14.1. The second kappa shape index (κ2) is 10.4. The van der Waals surface area contributed by atoms with E-state index < -0.39 is 20.3 Å². The molecule has 2 aromatic rings. The Balaban J connectivity index is 0.000000550. The molecule has 0 aliphatic rings. The number of rotatable bonds is 3. The average molecular weight is 447 g/mol. The summed E-state index contributed by atoms with van der Waals surface area (Å²) in [7, 11) is 12.4. The van der Waals surface area contributed by atoms with E-state index in [1.807, 2.05) is 36.4 Å². The van der Waals surface area contributed by atoms with E-state index in [2.05, 4.69) is 24.3 Å². The van der Waals surface area contributed by atoms with Gasteiger partial charge in [0, 0.05) is 0 Å². The normalized spacial score (nSPS) is 10.7. The van der Waals surface area contributed by atoms with Gasteiger partial charge in [0.1, 0.15) is 0 Å². The van der Waals surface area contributed by atoms with Crippen LogP contribution in [0.15, 0.2) is 60.7 Å². The average Bonchev–Trinajstić information content (AvgIpc) is 2.42. The van der Waals surface area contributed by atoms with Crippen LogP contribution in [0.4, 0.5) is 0 Å². The topological polar surface area (TPSA) is 0 Å². The Morgan fingerprint density at radius 2 is 1.05 bits per heavy atom. The molecule has 0 heterocycles. The number of benzene rings is 2. The quantitative estimate of drug-likeness (QED) is 0.337. The minimum atomic E-state index is -1.51. The van der Waals surface area contributed by atoms with Crippen LogP contribution in [-0.4, -0.2) is 5.34 Å². The Morgan fingerprint density at radius 1 is 0.737 bits per heavy atom. The summed E-state index contributed by atoms with van der Waals surface area (Å²) in [5, 5.41) is 2.71. The predicted molar refractivity (Wildman–Crippen MR) is 87.4 cm³/mol. The molecule has 2 aromatic carbocycles. The fraction of sp³-hybridized carbons (Fsp3) is 0.0769. The zero-order valence-electron chi connectivity index (χ0n) is 9.76. The Hall–Kier alpha value is 0.692. The first kappa shape index (κ1) is 17.7. The van der Waals surface area contributed by atoms with Gasteiger partial charge in [0.25, 0.3) is 0 Å². The summed E-state index contributed by atoms with van der Waals surface area (Å²) < 4.78 is 0. The predicted octanol–water partition coefficient (Wildman–Crippen LogP) is 5.38. The number of hydrogen-bond donors (Lipinski definition) is 0. The summed E-state index contributed by atoms with van der Waals surface area (Å²) in [6.07, 6.45) is -0.562. The van der Waals surface area contributed by atoms with E-state index in [-0.39, 0.29) is 5.34 Å². The maximum absolute atomic E-state index is 6.22. The Labute approximate surface area is 138 Å². The van der Waals surface area contributed by atoms with Crippen molar-refractivity contribution in [2.24, 2.45) is 0 Å². The monoisotopic (exact) mass is 445 g/mol. The summed E-state index contributed by atoms with van der Waals surface area (Å²) in [5.41, 5.74) is 0. The van der Waals surface area contributed by atoms with Crippen LogP contribution in [0.5, 0.6) is 0 Å². The third-order valence-corrected chi connectivity index (χ3v) is 11.5. The van der Waals surface area contributed by atoms with Crippen molar-refractivity contribution >= 4 is 59.0 Å². The molecule has 0 nitrogen and oxygen atoms in total. The fourth-order valence-corrected chi connectivity index (χ4v) is 10.3. The Kier molecular flexibility index (Phi) is 9.73. The van der Waals surface area contributed by atoms with Gasteiger partial charge in [0.15, 0.2) is 0 Å². The summed E-state index contributed by atoms with van der Waals surface area (Å²) in [6.45, 7) is 0. The van der Waals surface area contributed by atoms with Crippen LogP contribution in [0, 0.1) is 0 Å². The van der Waals surface area contributed by atoms with Crippen molar-refractivity contribution in [1.82, 2.24) is 0 Å². The first-order valence-corrected chi connectivity index (χ1v) is 13.5. The molecule has 0 saturated carbocycles. The van der Waals surface area contributed by atoms with E-state index >= 15 is 0 Å². The summed E-state index contributed by atoms with van der Waals surface area (Å²) >= 11 is 8.01. The number of alkyl halides is 2. The molecule has 0 fully saturated rings. The molecule has 0 aliphatic carbocycles. The maximum atomic E-state index is 6.22. The van der Waals surface area contributed by atoms with E-state index in [1.54, 1.807) is 0 Å². The van der Waals surface area contributed by atoms with Crippen LogP contribution in [-0.2, 0) is 14.2 Å². The van der Waals surface area contributed by atoms with Crippen molar-refractivity contribution in [2.45, 2.75) is 0 Å². The van der Waals surface area contributed by atoms with Gasteiger partial charge in [-0.15, -0.1) is 23.2 Å². The molecular formula is C13H12Cl4PPd. The van der Waals surface area contributed by atoms with Gasteiger partial charge in [0.2, 0.25) is 0 Å². The molecular weight excluding hydrogens is 435 g/mol. The summed E-state index contributed by atoms with van der Waals surface area (Å²) in [6, 6.07) is 20.6. The van der Waals surface area contributed by atoms with E-state index in [1.165, 1.54) is 10.6 Å². The molecule has 107 valence electrons. The first-order chi connectivity index (χ1) is 9.20. The molecule has 0 aromatic heterocycles. The van der Waals surface area contributed by atoms with Crippen molar-refractivity contribution in [3.63, 3.8) is 0 Å². The molecule has 0 bridgehead atoms. The van der Waals surface area contributed by atoms with E-state index in [0.717, 1.165) is 0 Å². The van der Waals surface area contributed by atoms with Gasteiger partial charge < -0.3 is 0 Å². The molecule has 0 N–H and O–H groups in total. The first-order valence-electron chi connectivity index (χ1n) is 5.18. The molecule has 19 heavy (non-hydrogen) atoms. The summed E-state index contributed by atoms with van der Waals surface area (Å²) in [4.78, 5) is 0. The number of halogens is 4. The van der Waals surface area contributed by atoms with Gasteiger partial charge in [-0.05, 0) is 0 Å². The van der Waals surface area contributed by atoms with Crippen molar-refractivity contribution < 1.29 is 14.2 Å². The SMILES string of the molecule is ClCCl.[Cl][Pd]([Cl])[P](c1ccccc1)c1ccccc1. The van der Waals surface area contributed by atoms with Crippen molar-refractivity contribution in [1.29, 1.82) is 0 Å². The zero-order valence-corrected chi connectivity index (χ0v) is 15.2. The van der Waals surface area contributed by atoms with Crippen molar-refractivity contribution in [3.05, 3.63) is 60.7 Å². The molecule has 0 radical (unpaired) electrons. The van der Waals surface area contributed by atoms with E-state index in [9.17, 15) is 0 Å². The van der Waals surface area contributed by atoms with Crippen LogP contribution in [0.2, 0.25) is 0 Å². The molecule has 0 spiro atoms. The fourth-order valence-electron chi connectivity index (χ4n) is 1.37. The van der Waals surface area contributed by atoms with Crippen LogP contribution < -0.4 is 10.6 Å². The van der Waals surface area contributed by atoms with Gasteiger partial charge in [0.05, 0.1) is 5.34 Å². The molecule has 0 unspecified atom stereocenters. The minimum absolute atomic E-state index is 0.194. The standard InChI is InChI=1S/C12H10P.CH2Cl2.2ClH.Pd/c1-3-7-11(8-4-1)13-12-9-5-2-6-10-12;2-1-3;;;/h1-10H;1H2;2*1H;/q-1;;;;+3/p-2. The third kappa shape index (κ3) is 6.33. The third-order valence-electron chi connectivity index (χ3n) is 2.04. The van der Waals surface area contributed by atoms with Crippen molar-refractivity contribution in [3.8, 4) is 0 Å². The Morgan fingerprint density at radius 3 is 1.32 bits per heavy atom. The molecule has 6 heteroatoms. The van der Waals surface area contributed by atoms with E-state index in [0.29, 0.717) is 0 Å². The van der Waals surface area contributed by atoms with E-state index in [4.69, 9.17) is 42.3 Å². The van der Waals surface area contributed by atoms with Gasteiger partial charge >= 0.3 is 111 Å². The van der Waals surface area contributed by atoms with Crippen LogP contribution in [0.1, 0.15) is 0 Å². The van der Waals surface area contributed by atoms with Gasteiger partial charge in [-0.2, -0.15) is 0 Å². The molecule has 0 aliphatic heterocycles. The second-order valence-corrected chi connectivity index (χ2v) is 15.6. The molecule has 0 amide bonds. The van der Waals surface area contributed by atoms with Gasteiger partial charge in [-0.3, -0.25) is 0 Å². The molecule has 0 saturated heterocycles. The summed E-state index contributed by atoms with van der Waals surface area (Å²) in [5.74, 6) is 0. The van der Waals surface area contributed by atoms with Crippen LogP contribution in [0.3, 0.4) is 0 Å². The van der Waals surface area contributed by atoms with Crippen LogP contribution >= 0.6 is 48.4 Å².